The van der Waals surface area contributed by atoms with Crippen molar-refractivity contribution in [1.29, 1.82) is 0 Å². The van der Waals surface area contributed by atoms with Gasteiger partial charge in [-0.15, -0.1) is 10.2 Å². The van der Waals surface area contributed by atoms with E-state index < -0.39 is 4.92 Å². The van der Waals surface area contributed by atoms with Crippen molar-refractivity contribution in [3.8, 4) is 17.1 Å². The largest absolute Gasteiger partial charge is 0.496 e. The van der Waals surface area contributed by atoms with E-state index in [2.05, 4.69) is 10.2 Å². The number of aryl methyl sites for hydroxylation is 1. The number of hydrogen-bond donors (Lipinski definition) is 1. The zero-order valence-electron chi connectivity index (χ0n) is 14.2. The average Bonchev–Trinajstić information content (AvgIpc) is 3.01. The number of nitrogen functional groups attached to an aromatic ring is 1. The number of nitro benzene ring substituents is 1. The molecule has 0 saturated heterocycles. The standard InChI is InChI=1S/C17H17N5O3S/c1-11-3-5-12(6-4-11)16-19-20-17(21(16)18)26-10-13-9-14(22(23)24)7-8-15(13)25-2/h3-9H,10,18H2,1-2H3. The molecule has 0 aliphatic heterocycles. The number of ether oxygens (including phenoxy) is 1. The Morgan fingerprint density at radius 3 is 2.62 bits per heavy atom. The maximum absolute atomic E-state index is 11.0. The van der Waals surface area contributed by atoms with Gasteiger partial charge < -0.3 is 10.6 Å². The maximum atomic E-state index is 11.0. The molecule has 0 radical (unpaired) electrons. The fourth-order valence-electron chi connectivity index (χ4n) is 2.41. The molecule has 9 heteroatoms. The molecule has 0 saturated carbocycles. The number of thioether (sulfide) groups is 1. The summed E-state index contributed by atoms with van der Waals surface area (Å²) in [6.07, 6.45) is 0. The summed E-state index contributed by atoms with van der Waals surface area (Å²) in [5, 5.41) is 19.7. The van der Waals surface area contributed by atoms with Gasteiger partial charge in [0, 0.05) is 29.0 Å². The third kappa shape index (κ3) is 3.62. The minimum absolute atomic E-state index is 0.0101. The first-order chi connectivity index (χ1) is 12.5. The van der Waals surface area contributed by atoms with Gasteiger partial charge in [0.1, 0.15) is 5.75 Å². The number of aromatic nitrogens is 3. The lowest BCUT2D eigenvalue weighted by molar-refractivity contribution is -0.384. The second-order valence-electron chi connectivity index (χ2n) is 5.58. The molecular weight excluding hydrogens is 354 g/mol. The molecule has 134 valence electrons. The molecule has 0 aliphatic carbocycles. The topological polar surface area (TPSA) is 109 Å². The van der Waals surface area contributed by atoms with Crippen LogP contribution in [0.4, 0.5) is 5.69 Å². The van der Waals surface area contributed by atoms with E-state index in [1.807, 2.05) is 31.2 Å². The highest BCUT2D eigenvalue weighted by Crippen LogP contribution is 2.30. The SMILES string of the molecule is COc1ccc([N+](=O)[O-])cc1CSc1nnc(-c2ccc(C)cc2)n1N. The van der Waals surface area contributed by atoms with Crippen LogP contribution in [0, 0.1) is 17.0 Å². The fourth-order valence-corrected chi connectivity index (χ4v) is 3.24. The van der Waals surface area contributed by atoms with Crippen molar-refractivity contribution in [1.82, 2.24) is 14.9 Å². The van der Waals surface area contributed by atoms with Gasteiger partial charge in [-0.05, 0) is 13.0 Å². The van der Waals surface area contributed by atoms with Gasteiger partial charge in [0.05, 0.1) is 12.0 Å². The van der Waals surface area contributed by atoms with Gasteiger partial charge in [0.25, 0.3) is 5.69 Å². The van der Waals surface area contributed by atoms with Crippen molar-refractivity contribution in [3.63, 3.8) is 0 Å². The van der Waals surface area contributed by atoms with Crippen LogP contribution in [0.15, 0.2) is 47.6 Å². The molecule has 2 N–H and O–H groups in total. The Bertz CT molecular complexity index is 940. The quantitative estimate of drug-likeness (QED) is 0.307. The van der Waals surface area contributed by atoms with Gasteiger partial charge in [-0.25, -0.2) is 4.68 Å². The molecule has 1 heterocycles. The molecule has 0 bridgehead atoms. The summed E-state index contributed by atoms with van der Waals surface area (Å²) < 4.78 is 6.69. The van der Waals surface area contributed by atoms with E-state index in [9.17, 15) is 10.1 Å². The molecule has 0 unspecified atom stereocenters. The van der Waals surface area contributed by atoms with Crippen molar-refractivity contribution >= 4 is 17.4 Å². The Morgan fingerprint density at radius 1 is 1.23 bits per heavy atom. The number of methoxy groups -OCH3 is 1. The molecule has 0 amide bonds. The summed E-state index contributed by atoms with van der Waals surface area (Å²) in [6, 6.07) is 12.3. The number of rotatable bonds is 6. The molecular formula is C17H17N5O3S. The van der Waals surface area contributed by atoms with Crippen LogP contribution in [0.1, 0.15) is 11.1 Å². The van der Waals surface area contributed by atoms with Crippen LogP contribution in [0.2, 0.25) is 0 Å². The summed E-state index contributed by atoms with van der Waals surface area (Å²) in [5.41, 5.74) is 2.71. The zero-order chi connectivity index (χ0) is 18.7. The third-order valence-electron chi connectivity index (χ3n) is 3.81. The van der Waals surface area contributed by atoms with Gasteiger partial charge in [-0.1, -0.05) is 41.6 Å². The van der Waals surface area contributed by atoms with Crippen LogP contribution < -0.4 is 10.6 Å². The highest BCUT2D eigenvalue weighted by atomic mass is 32.2. The molecule has 3 aromatic rings. The van der Waals surface area contributed by atoms with Gasteiger partial charge in [0.2, 0.25) is 5.16 Å². The third-order valence-corrected chi connectivity index (χ3v) is 4.80. The van der Waals surface area contributed by atoms with E-state index in [0.717, 1.165) is 11.1 Å². The summed E-state index contributed by atoms with van der Waals surface area (Å²) in [7, 11) is 1.52. The minimum Gasteiger partial charge on any atom is -0.496 e. The number of nitro groups is 1. The van der Waals surface area contributed by atoms with Gasteiger partial charge in [-0.3, -0.25) is 10.1 Å². The molecule has 1 aromatic heterocycles. The Morgan fingerprint density at radius 2 is 1.96 bits per heavy atom. The second-order valence-corrected chi connectivity index (χ2v) is 6.53. The van der Waals surface area contributed by atoms with E-state index in [1.54, 1.807) is 6.07 Å². The van der Waals surface area contributed by atoms with Crippen LogP contribution in [0.3, 0.4) is 0 Å². The van der Waals surface area contributed by atoms with Crippen molar-refractivity contribution < 1.29 is 9.66 Å². The average molecular weight is 371 g/mol. The molecule has 0 atom stereocenters. The number of hydrogen-bond acceptors (Lipinski definition) is 7. The number of non-ortho nitro benzene ring substituents is 1. The van der Waals surface area contributed by atoms with E-state index in [1.165, 1.54) is 35.7 Å². The molecule has 2 aromatic carbocycles. The molecule has 26 heavy (non-hydrogen) atoms. The van der Waals surface area contributed by atoms with E-state index >= 15 is 0 Å². The highest BCUT2D eigenvalue weighted by molar-refractivity contribution is 7.98. The van der Waals surface area contributed by atoms with Crippen molar-refractivity contribution in [2.45, 2.75) is 17.8 Å². The molecule has 3 rings (SSSR count). The first kappa shape index (κ1) is 17.7. The highest BCUT2D eigenvalue weighted by Gasteiger charge is 2.15. The smallest absolute Gasteiger partial charge is 0.270 e. The van der Waals surface area contributed by atoms with Crippen LogP contribution in [0.25, 0.3) is 11.4 Å². The normalized spacial score (nSPS) is 10.7. The Labute approximate surface area is 154 Å². The van der Waals surface area contributed by atoms with Crippen LogP contribution in [-0.4, -0.2) is 26.9 Å². The number of nitrogens with zero attached hydrogens (tertiary/aromatic N) is 4. The van der Waals surface area contributed by atoms with Crippen molar-refractivity contribution in [3.05, 3.63) is 63.7 Å². The van der Waals surface area contributed by atoms with Crippen molar-refractivity contribution in [2.24, 2.45) is 0 Å². The molecule has 0 fully saturated rings. The Balaban J connectivity index is 1.82. The summed E-state index contributed by atoms with van der Waals surface area (Å²) in [6.45, 7) is 2.00. The van der Waals surface area contributed by atoms with Crippen LogP contribution in [-0.2, 0) is 5.75 Å². The lowest BCUT2D eigenvalue weighted by atomic mass is 10.1. The minimum atomic E-state index is -0.436. The number of benzene rings is 2. The monoisotopic (exact) mass is 371 g/mol. The summed E-state index contributed by atoms with van der Waals surface area (Å²) >= 11 is 1.33. The number of nitrogens with two attached hydrogens (primary N) is 1. The zero-order valence-corrected chi connectivity index (χ0v) is 15.1. The lowest BCUT2D eigenvalue weighted by Gasteiger charge is -2.08. The van der Waals surface area contributed by atoms with Gasteiger partial charge >= 0.3 is 0 Å². The summed E-state index contributed by atoms with van der Waals surface area (Å²) in [5.74, 6) is 7.66. The van der Waals surface area contributed by atoms with Gasteiger partial charge in [0.15, 0.2) is 5.82 Å². The van der Waals surface area contributed by atoms with E-state index in [-0.39, 0.29) is 5.69 Å². The Kier molecular flexibility index (Phi) is 5.08. The van der Waals surface area contributed by atoms with Crippen LogP contribution in [0.5, 0.6) is 5.75 Å². The van der Waals surface area contributed by atoms with E-state index in [4.69, 9.17) is 10.6 Å². The first-order valence-corrected chi connectivity index (χ1v) is 8.70. The molecule has 8 nitrogen and oxygen atoms in total. The first-order valence-electron chi connectivity index (χ1n) is 7.71. The lowest BCUT2D eigenvalue weighted by Crippen LogP contribution is -2.11. The fraction of sp³-hybridized carbons (Fsp3) is 0.176. The predicted octanol–water partition coefficient (Wildman–Crippen LogP) is 3.18. The van der Waals surface area contributed by atoms with Gasteiger partial charge in [-0.2, -0.15) is 0 Å². The Hall–Kier alpha value is -3.07. The predicted molar refractivity (Wildman–Crippen MR) is 99.6 cm³/mol. The molecule has 0 spiro atoms. The molecule has 0 aliphatic rings. The van der Waals surface area contributed by atoms with Crippen LogP contribution >= 0.6 is 11.8 Å². The van der Waals surface area contributed by atoms with Crippen molar-refractivity contribution in [2.75, 3.05) is 13.0 Å². The van der Waals surface area contributed by atoms with E-state index in [0.29, 0.717) is 28.0 Å². The second kappa shape index (κ2) is 7.44. The summed E-state index contributed by atoms with van der Waals surface area (Å²) in [4.78, 5) is 10.5. The maximum Gasteiger partial charge on any atom is 0.270 e.